The first kappa shape index (κ1) is 16.1. The second-order valence-corrected chi connectivity index (χ2v) is 7.31. The number of rotatable bonds is 5. The van der Waals surface area contributed by atoms with Crippen LogP contribution in [0.15, 0.2) is 28.0 Å². The Morgan fingerprint density at radius 3 is 2.86 bits per heavy atom. The molecule has 2 aromatic rings. The van der Waals surface area contributed by atoms with Crippen molar-refractivity contribution in [2.75, 3.05) is 24.3 Å². The lowest BCUT2D eigenvalue weighted by molar-refractivity contribution is -0.115. The maximum atomic E-state index is 12.3. The number of nitrogens with zero attached hydrogens (tertiary/aromatic N) is 3. The number of halogens is 1. The van der Waals surface area contributed by atoms with Gasteiger partial charge in [-0.3, -0.25) is 4.79 Å². The third-order valence-corrected chi connectivity index (χ3v) is 4.89. The van der Waals surface area contributed by atoms with Crippen LogP contribution in [0.1, 0.15) is 6.92 Å². The summed E-state index contributed by atoms with van der Waals surface area (Å²) in [6.07, 6.45) is 0. The number of para-hydroxylation sites is 1. The predicted molar refractivity (Wildman–Crippen MR) is 89.6 cm³/mol. The van der Waals surface area contributed by atoms with Crippen molar-refractivity contribution in [2.24, 2.45) is 0 Å². The smallest absolute Gasteiger partial charge is 0.237 e. The van der Waals surface area contributed by atoms with Gasteiger partial charge in [0.25, 0.3) is 0 Å². The molecule has 0 saturated heterocycles. The number of thioether (sulfide) groups is 1. The molecule has 112 valence electrons. The Kier molecular flexibility index (Phi) is 5.44. The topological polar surface area (TPSA) is 58.1 Å². The van der Waals surface area contributed by atoms with E-state index in [9.17, 15) is 4.79 Å². The highest BCUT2D eigenvalue weighted by Crippen LogP contribution is 2.33. The predicted octanol–water partition coefficient (Wildman–Crippen LogP) is 3.38. The van der Waals surface area contributed by atoms with Crippen LogP contribution < -0.4 is 10.2 Å². The fraction of sp³-hybridized carbons (Fsp3) is 0.308. The van der Waals surface area contributed by atoms with Crippen LogP contribution in [0.5, 0.6) is 0 Å². The highest BCUT2D eigenvalue weighted by Gasteiger charge is 2.18. The summed E-state index contributed by atoms with van der Waals surface area (Å²) >= 11 is 8.99. The van der Waals surface area contributed by atoms with Crippen LogP contribution in [0.3, 0.4) is 0 Å². The number of amides is 1. The van der Waals surface area contributed by atoms with E-state index in [2.05, 4.69) is 15.5 Å². The van der Waals surface area contributed by atoms with Crippen molar-refractivity contribution < 1.29 is 4.79 Å². The van der Waals surface area contributed by atoms with Crippen molar-refractivity contribution in [3.63, 3.8) is 0 Å². The van der Waals surface area contributed by atoms with Gasteiger partial charge in [0.05, 0.1) is 21.6 Å². The molecule has 0 aliphatic heterocycles. The number of carbonyl (C=O) groups is 1. The molecule has 2 rings (SSSR count). The Hall–Kier alpha value is -1.31. The van der Waals surface area contributed by atoms with Crippen molar-refractivity contribution in [1.29, 1.82) is 0 Å². The minimum atomic E-state index is -0.271. The molecule has 0 aliphatic rings. The van der Waals surface area contributed by atoms with Crippen molar-refractivity contribution in [3.8, 4) is 0 Å². The van der Waals surface area contributed by atoms with E-state index < -0.39 is 0 Å². The summed E-state index contributed by atoms with van der Waals surface area (Å²) in [5.41, 5.74) is 3.14. The highest BCUT2D eigenvalue weighted by atomic mass is 35.5. The fourth-order valence-electron chi connectivity index (χ4n) is 1.72. The number of nitrogens with one attached hydrogen (secondary N) is 1. The molecule has 0 saturated carbocycles. The summed E-state index contributed by atoms with van der Waals surface area (Å²) in [6.45, 7) is 1.83. The van der Waals surface area contributed by atoms with Gasteiger partial charge in [0.15, 0.2) is 4.34 Å². The average molecular weight is 343 g/mol. The number of hydrogen-bond acceptors (Lipinski definition) is 6. The molecule has 0 spiro atoms. The molecule has 0 aliphatic carbocycles. The van der Waals surface area contributed by atoms with Crippen molar-refractivity contribution in [3.05, 3.63) is 28.7 Å². The normalized spacial score (nSPS) is 12.0. The quantitative estimate of drug-likeness (QED) is 0.844. The van der Waals surface area contributed by atoms with Crippen LogP contribution in [0.2, 0.25) is 5.02 Å². The van der Waals surface area contributed by atoms with E-state index >= 15 is 0 Å². The third kappa shape index (κ3) is 4.09. The first-order valence-corrected chi connectivity index (χ1v) is 8.32. The lowest BCUT2D eigenvalue weighted by atomic mass is 10.2. The van der Waals surface area contributed by atoms with E-state index in [1.807, 2.05) is 38.1 Å². The van der Waals surface area contributed by atoms with E-state index in [0.717, 1.165) is 10.0 Å². The number of anilines is 2. The SMILES string of the molecule is CC(Sc1nncs1)C(=O)Nc1cccc(Cl)c1N(C)C. The van der Waals surface area contributed by atoms with E-state index in [1.54, 1.807) is 11.6 Å². The van der Waals surface area contributed by atoms with Gasteiger partial charge in [-0.15, -0.1) is 10.2 Å². The molecular weight excluding hydrogens is 328 g/mol. The van der Waals surface area contributed by atoms with Gasteiger partial charge in [-0.2, -0.15) is 0 Å². The van der Waals surface area contributed by atoms with Gasteiger partial charge in [0.1, 0.15) is 5.51 Å². The maximum absolute atomic E-state index is 12.3. The summed E-state index contributed by atoms with van der Waals surface area (Å²) in [4.78, 5) is 14.2. The second kappa shape index (κ2) is 7.11. The summed E-state index contributed by atoms with van der Waals surface area (Å²) < 4.78 is 0.775. The van der Waals surface area contributed by atoms with Crippen molar-refractivity contribution in [1.82, 2.24) is 10.2 Å². The van der Waals surface area contributed by atoms with Crippen molar-refractivity contribution >= 4 is 52.0 Å². The van der Waals surface area contributed by atoms with Gasteiger partial charge in [-0.25, -0.2) is 0 Å². The van der Waals surface area contributed by atoms with Crippen LogP contribution in [-0.4, -0.2) is 35.4 Å². The molecule has 1 unspecified atom stereocenters. The van der Waals surface area contributed by atoms with Crippen LogP contribution in [0, 0.1) is 0 Å². The molecule has 0 fully saturated rings. The monoisotopic (exact) mass is 342 g/mol. The van der Waals surface area contributed by atoms with Gasteiger partial charge in [0, 0.05) is 14.1 Å². The molecule has 5 nitrogen and oxygen atoms in total. The Morgan fingerprint density at radius 1 is 1.48 bits per heavy atom. The second-order valence-electron chi connectivity index (χ2n) is 4.48. The Labute approximate surface area is 136 Å². The first-order chi connectivity index (χ1) is 9.99. The Bertz CT molecular complexity index is 619. The van der Waals surface area contributed by atoms with Crippen LogP contribution in [-0.2, 0) is 4.79 Å². The Balaban J connectivity index is 2.11. The van der Waals surface area contributed by atoms with E-state index in [0.29, 0.717) is 10.7 Å². The van der Waals surface area contributed by atoms with Crippen LogP contribution >= 0.6 is 34.7 Å². The maximum Gasteiger partial charge on any atom is 0.237 e. The number of carbonyl (C=O) groups excluding carboxylic acids is 1. The molecule has 21 heavy (non-hydrogen) atoms. The number of aromatic nitrogens is 2. The zero-order chi connectivity index (χ0) is 15.4. The largest absolute Gasteiger partial charge is 0.375 e. The zero-order valence-corrected chi connectivity index (χ0v) is 14.2. The number of benzene rings is 1. The lowest BCUT2D eigenvalue weighted by Crippen LogP contribution is -2.24. The van der Waals surface area contributed by atoms with Gasteiger partial charge >= 0.3 is 0 Å². The first-order valence-electron chi connectivity index (χ1n) is 6.18. The summed E-state index contributed by atoms with van der Waals surface area (Å²) in [6, 6.07) is 5.45. The molecule has 1 N–H and O–H groups in total. The van der Waals surface area contributed by atoms with E-state index in [-0.39, 0.29) is 11.2 Å². The fourth-order valence-corrected chi connectivity index (χ4v) is 3.69. The lowest BCUT2D eigenvalue weighted by Gasteiger charge is -2.20. The van der Waals surface area contributed by atoms with Crippen LogP contribution in [0.25, 0.3) is 0 Å². The standard InChI is InChI=1S/C13H15ClN4OS2/c1-8(21-13-17-15-7-20-13)12(19)16-10-6-4-5-9(14)11(10)18(2)3/h4-8H,1-3H3,(H,16,19). The zero-order valence-electron chi connectivity index (χ0n) is 11.8. The minimum Gasteiger partial charge on any atom is -0.375 e. The molecule has 1 aromatic carbocycles. The Morgan fingerprint density at radius 2 is 2.24 bits per heavy atom. The average Bonchev–Trinajstić information content (AvgIpc) is 2.91. The molecule has 0 radical (unpaired) electrons. The molecule has 1 aromatic heterocycles. The third-order valence-electron chi connectivity index (χ3n) is 2.68. The molecule has 1 heterocycles. The summed E-state index contributed by atoms with van der Waals surface area (Å²) in [5, 5.41) is 10.9. The summed E-state index contributed by atoms with van der Waals surface area (Å²) in [5.74, 6) is -0.0967. The number of hydrogen-bond donors (Lipinski definition) is 1. The molecule has 1 atom stereocenters. The highest BCUT2D eigenvalue weighted by molar-refractivity contribution is 8.02. The molecule has 0 bridgehead atoms. The van der Waals surface area contributed by atoms with Gasteiger partial charge in [-0.05, 0) is 19.1 Å². The van der Waals surface area contributed by atoms with Crippen molar-refractivity contribution in [2.45, 2.75) is 16.5 Å². The molecule has 1 amide bonds. The minimum absolute atomic E-state index is 0.0967. The van der Waals surface area contributed by atoms with Gasteiger partial charge < -0.3 is 10.2 Å². The molecule has 8 heteroatoms. The summed E-state index contributed by atoms with van der Waals surface area (Å²) in [7, 11) is 3.77. The van der Waals surface area contributed by atoms with Gasteiger partial charge in [0.2, 0.25) is 5.91 Å². The van der Waals surface area contributed by atoms with E-state index in [4.69, 9.17) is 11.6 Å². The van der Waals surface area contributed by atoms with Gasteiger partial charge in [-0.1, -0.05) is 40.8 Å². The van der Waals surface area contributed by atoms with Crippen LogP contribution in [0.4, 0.5) is 11.4 Å². The molecular formula is C13H15ClN4OS2. The van der Waals surface area contributed by atoms with E-state index in [1.165, 1.54) is 23.1 Å².